The van der Waals surface area contributed by atoms with Gasteiger partial charge >= 0.3 is 6.09 Å². The summed E-state index contributed by atoms with van der Waals surface area (Å²) in [5, 5.41) is 3.83. The lowest BCUT2D eigenvalue weighted by molar-refractivity contribution is 0.122. The Morgan fingerprint density at radius 1 is 1.56 bits per heavy atom. The van der Waals surface area contributed by atoms with Gasteiger partial charge in [-0.3, -0.25) is 4.84 Å². The van der Waals surface area contributed by atoms with Crippen molar-refractivity contribution in [1.82, 2.24) is 9.80 Å². The van der Waals surface area contributed by atoms with E-state index in [1.807, 2.05) is 6.92 Å². The van der Waals surface area contributed by atoms with Crippen LogP contribution in [0.5, 0.6) is 0 Å². The van der Waals surface area contributed by atoms with Gasteiger partial charge in [0.25, 0.3) is 0 Å². The van der Waals surface area contributed by atoms with E-state index in [9.17, 15) is 4.79 Å². The van der Waals surface area contributed by atoms with Crippen molar-refractivity contribution in [2.45, 2.75) is 13.3 Å². The first-order chi connectivity index (χ1) is 7.50. The molecule has 0 aromatic heterocycles. The predicted molar refractivity (Wildman–Crippen MR) is 63.5 cm³/mol. The first-order valence-electron chi connectivity index (χ1n) is 5.31. The third kappa shape index (κ3) is 3.66. The van der Waals surface area contributed by atoms with Gasteiger partial charge in [0.1, 0.15) is 0 Å². The van der Waals surface area contributed by atoms with E-state index in [2.05, 4.69) is 23.2 Å². The number of rotatable bonds is 2. The van der Waals surface area contributed by atoms with Crippen LogP contribution in [0, 0.1) is 0 Å². The van der Waals surface area contributed by atoms with Crippen molar-refractivity contribution >= 4 is 11.8 Å². The molecule has 0 unspecified atom stereocenters. The van der Waals surface area contributed by atoms with Gasteiger partial charge in [-0.15, -0.1) is 0 Å². The molecule has 5 heteroatoms. The molecule has 0 bridgehead atoms. The van der Waals surface area contributed by atoms with Crippen LogP contribution in [0.3, 0.4) is 0 Å². The Labute approximate surface area is 96.3 Å². The number of hydrogen-bond acceptors (Lipinski definition) is 4. The molecular weight excluding hydrogens is 206 g/mol. The molecule has 90 valence electrons. The molecule has 0 N–H and O–H groups in total. The zero-order valence-corrected chi connectivity index (χ0v) is 10.4. The van der Waals surface area contributed by atoms with E-state index in [0.29, 0.717) is 0 Å². The predicted octanol–water partition coefficient (Wildman–Crippen LogP) is 1.32. The molecule has 16 heavy (non-hydrogen) atoms. The summed E-state index contributed by atoms with van der Waals surface area (Å²) in [4.78, 5) is 19.5. The van der Waals surface area contributed by atoms with Crippen molar-refractivity contribution in [3.63, 3.8) is 0 Å². The third-order valence-electron chi connectivity index (χ3n) is 2.43. The molecule has 0 atom stereocenters. The number of carbonyl (C=O) groups is 1. The minimum absolute atomic E-state index is 0.455. The zero-order chi connectivity index (χ0) is 12.1. The lowest BCUT2D eigenvalue weighted by Gasteiger charge is -2.22. The Morgan fingerprint density at radius 2 is 2.25 bits per heavy atom. The largest absolute Gasteiger partial charge is 0.435 e. The second kappa shape index (κ2) is 5.65. The van der Waals surface area contributed by atoms with Gasteiger partial charge in [0, 0.05) is 27.2 Å². The van der Waals surface area contributed by atoms with Crippen LogP contribution in [0.4, 0.5) is 4.79 Å². The highest BCUT2D eigenvalue weighted by molar-refractivity contribution is 5.98. The summed E-state index contributed by atoms with van der Waals surface area (Å²) in [6, 6.07) is 0. The van der Waals surface area contributed by atoms with E-state index in [1.54, 1.807) is 14.1 Å². The molecule has 1 heterocycles. The van der Waals surface area contributed by atoms with Gasteiger partial charge in [-0.25, -0.2) is 4.79 Å². The molecule has 0 aromatic rings. The van der Waals surface area contributed by atoms with Crippen LogP contribution >= 0.6 is 0 Å². The van der Waals surface area contributed by atoms with E-state index in [4.69, 9.17) is 4.84 Å². The molecule has 0 aliphatic carbocycles. The molecule has 0 saturated heterocycles. The zero-order valence-electron chi connectivity index (χ0n) is 10.4. The van der Waals surface area contributed by atoms with Crippen LogP contribution in [0.15, 0.2) is 16.8 Å². The number of oxime groups is 1. The lowest BCUT2D eigenvalue weighted by atomic mass is 10.1. The van der Waals surface area contributed by atoms with Gasteiger partial charge < -0.3 is 9.80 Å². The molecule has 0 saturated carbocycles. The monoisotopic (exact) mass is 225 g/mol. The van der Waals surface area contributed by atoms with Crippen molar-refractivity contribution in [1.29, 1.82) is 0 Å². The summed E-state index contributed by atoms with van der Waals surface area (Å²) < 4.78 is 0. The van der Waals surface area contributed by atoms with Crippen LogP contribution in [0.1, 0.15) is 13.3 Å². The summed E-state index contributed by atoms with van der Waals surface area (Å²) in [6.07, 6.45) is 2.70. The van der Waals surface area contributed by atoms with E-state index in [1.165, 1.54) is 4.90 Å². The van der Waals surface area contributed by atoms with E-state index < -0.39 is 6.09 Å². The standard InChI is InChI=1S/C11H19N3O2/c1-9(12-16-11(15)13(2)3)10-6-5-7-14(4)8-10/h6H,5,7-8H2,1-4H3. The second-order valence-corrected chi connectivity index (χ2v) is 4.18. The maximum atomic E-state index is 11.2. The fraction of sp³-hybridized carbons (Fsp3) is 0.636. The first-order valence-corrected chi connectivity index (χ1v) is 5.31. The van der Waals surface area contributed by atoms with Gasteiger partial charge in [0.05, 0.1) is 5.71 Å². The number of hydrogen-bond donors (Lipinski definition) is 0. The average Bonchev–Trinajstić information content (AvgIpc) is 2.25. The van der Waals surface area contributed by atoms with E-state index in [0.717, 1.165) is 30.8 Å². The summed E-state index contributed by atoms with van der Waals surface area (Å²) in [5.74, 6) is 0. The first kappa shape index (κ1) is 12.7. The average molecular weight is 225 g/mol. The Morgan fingerprint density at radius 3 is 2.81 bits per heavy atom. The minimum atomic E-state index is -0.455. The molecule has 5 nitrogen and oxygen atoms in total. The number of carbonyl (C=O) groups excluding carboxylic acids is 1. The summed E-state index contributed by atoms with van der Waals surface area (Å²) >= 11 is 0. The summed E-state index contributed by atoms with van der Waals surface area (Å²) in [5.41, 5.74) is 1.89. The van der Waals surface area contributed by atoms with Crippen LogP contribution in [0.25, 0.3) is 0 Å². The highest BCUT2D eigenvalue weighted by atomic mass is 16.7. The maximum Gasteiger partial charge on any atom is 0.435 e. The van der Waals surface area contributed by atoms with Crippen LogP contribution in [-0.2, 0) is 4.84 Å². The Kier molecular flexibility index (Phi) is 4.49. The highest BCUT2D eigenvalue weighted by Gasteiger charge is 2.12. The van der Waals surface area contributed by atoms with Crippen molar-refractivity contribution in [3.8, 4) is 0 Å². The van der Waals surface area contributed by atoms with Gasteiger partial charge in [-0.05, 0) is 26.0 Å². The van der Waals surface area contributed by atoms with Crippen LogP contribution in [0.2, 0.25) is 0 Å². The third-order valence-corrected chi connectivity index (χ3v) is 2.43. The van der Waals surface area contributed by atoms with Gasteiger partial charge in [-0.2, -0.15) is 0 Å². The summed E-state index contributed by atoms with van der Waals surface area (Å²) in [7, 11) is 5.31. The van der Waals surface area contributed by atoms with E-state index >= 15 is 0 Å². The number of nitrogens with zero attached hydrogens (tertiary/aromatic N) is 3. The quantitative estimate of drug-likeness (QED) is 0.404. The normalized spacial score (nSPS) is 18.0. The van der Waals surface area contributed by atoms with Crippen molar-refractivity contribution in [2.24, 2.45) is 5.16 Å². The molecule has 1 rings (SSSR count). The number of likely N-dealkylation sites (N-methyl/N-ethyl adjacent to an activating group) is 1. The molecule has 1 amide bonds. The molecule has 1 aliphatic heterocycles. The van der Waals surface area contributed by atoms with Gasteiger partial charge in [0.15, 0.2) is 0 Å². The summed E-state index contributed by atoms with van der Waals surface area (Å²) in [6.45, 7) is 3.77. The highest BCUT2D eigenvalue weighted by Crippen LogP contribution is 2.09. The fourth-order valence-electron chi connectivity index (χ4n) is 1.40. The SMILES string of the molecule is CC(=NOC(=O)N(C)C)C1=CCCN(C)C1. The second-order valence-electron chi connectivity index (χ2n) is 4.18. The fourth-order valence-corrected chi connectivity index (χ4v) is 1.40. The molecule has 0 spiro atoms. The van der Waals surface area contributed by atoms with Crippen molar-refractivity contribution in [2.75, 3.05) is 34.2 Å². The Hall–Kier alpha value is -1.36. The van der Waals surface area contributed by atoms with Crippen LogP contribution < -0.4 is 0 Å². The molecule has 0 radical (unpaired) electrons. The Bertz CT molecular complexity index is 321. The number of amides is 1. The van der Waals surface area contributed by atoms with Gasteiger partial charge in [0.2, 0.25) is 0 Å². The lowest BCUT2D eigenvalue weighted by Crippen LogP contribution is -2.28. The van der Waals surface area contributed by atoms with Crippen molar-refractivity contribution in [3.05, 3.63) is 11.6 Å². The molecule has 0 fully saturated rings. The van der Waals surface area contributed by atoms with E-state index in [-0.39, 0.29) is 0 Å². The maximum absolute atomic E-state index is 11.2. The Balaban J connectivity index is 2.56. The van der Waals surface area contributed by atoms with Crippen LogP contribution in [-0.4, -0.2) is 55.8 Å². The molecule has 1 aliphatic rings. The smallest absolute Gasteiger partial charge is 0.312 e. The minimum Gasteiger partial charge on any atom is -0.312 e. The molecule has 0 aromatic carbocycles. The molecular formula is C11H19N3O2. The topological polar surface area (TPSA) is 45.1 Å². The van der Waals surface area contributed by atoms with Gasteiger partial charge in [-0.1, -0.05) is 11.2 Å². The van der Waals surface area contributed by atoms with Crippen molar-refractivity contribution < 1.29 is 9.63 Å².